The van der Waals surface area contributed by atoms with E-state index in [0.29, 0.717) is 0 Å². The van der Waals surface area contributed by atoms with Crippen LogP contribution in [-0.4, -0.2) is 5.91 Å². The normalized spacial score (nSPS) is 10.2. The van der Waals surface area contributed by atoms with E-state index in [0.717, 1.165) is 20.6 Å². The SMILES string of the molecule is CCc1ccc(C(=O)Nc2cccc(I)c2)s1. The number of carbonyl (C=O) groups is 1. The van der Waals surface area contributed by atoms with E-state index in [9.17, 15) is 4.79 Å². The molecule has 0 atom stereocenters. The zero-order valence-electron chi connectivity index (χ0n) is 9.37. The Kier molecular flexibility index (Phi) is 4.17. The molecule has 1 aromatic carbocycles. The van der Waals surface area contributed by atoms with Gasteiger partial charge >= 0.3 is 0 Å². The van der Waals surface area contributed by atoms with E-state index in [1.165, 1.54) is 4.88 Å². The number of amides is 1. The number of hydrogen-bond acceptors (Lipinski definition) is 2. The summed E-state index contributed by atoms with van der Waals surface area (Å²) in [4.78, 5) is 14.0. The minimum Gasteiger partial charge on any atom is -0.321 e. The fraction of sp³-hybridized carbons (Fsp3) is 0.154. The first-order valence-corrected chi connectivity index (χ1v) is 7.24. The average molecular weight is 357 g/mol. The first kappa shape index (κ1) is 12.6. The Morgan fingerprint density at radius 1 is 1.35 bits per heavy atom. The van der Waals surface area contributed by atoms with Crippen LogP contribution in [0.5, 0.6) is 0 Å². The molecule has 1 N–H and O–H groups in total. The third kappa shape index (κ3) is 3.29. The van der Waals surface area contributed by atoms with Gasteiger partial charge in [-0.15, -0.1) is 11.3 Å². The van der Waals surface area contributed by atoms with Gasteiger partial charge in [-0.25, -0.2) is 0 Å². The number of anilines is 1. The molecule has 4 heteroatoms. The molecule has 0 saturated carbocycles. The highest BCUT2D eigenvalue weighted by Crippen LogP contribution is 2.19. The Bertz CT molecular complexity index is 536. The predicted octanol–water partition coefficient (Wildman–Crippen LogP) is 4.17. The molecule has 0 bridgehead atoms. The van der Waals surface area contributed by atoms with Gasteiger partial charge < -0.3 is 5.32 Å². The minimum absolute atomic E-state index is 0.0308. The second-order valence-electron chi connectivity index (χ2n) is 3.58. The van der Waals surface area contributed by atoms with Crippen LogP contribution in [-0.2, 0) is 6.42 Å². The molecule has 0 fully saturated rings. The number of carbonyl (C=O) groups excluding carboxylic acids is 1. The van der Waals surface area contributed by atoms with Crippen LogP contribution in [0.4, 0.5) is 5.69 Å². The molecule has 0 aliphatic rings. The monoisotopic (exact) mass is 357 g/mol. The summed E-state index contributed by atoms with van der Waals surface area (Å²) in [5.74, 6) is -0.0308. The summed E-state index contributed by atoms with van der Waals surface area (Å²) in [7, 11) is 0. The van der Waals surface area contributed by atoms with Crippen LogP contribution >= 0.6 is 33.9 Å². The number of nitrogens with one attached hydrogen (secondary N) is 1. The first-order valence-electron chi connectivity index (χ1n) is 5.34. The summed E-state index contributed by atoms with van der Waals surface area (Å²) < 4.78 is 1.11. The molecule has 0 aliphatic carbocycles. The molecule has 2 aromatic rings. The third-order valence-electron chi connectivity index (χ3n) is 2.32. The van der Waals surface area contributed by atoms with E-state index in [4.69, 9.17) is 0 Å². The van der Waals surface area contributed by atoms with Crippen molar-refractivity contribution in [1.29, 1.82) is 0 Å². The van der Waals surface area contributed by atoms with Crippen molar-refractivity contribution in [3.63, 3.8) is 0 Å². The fourth-order valence-corrected chi connectivity index (χ4v) is 2.83. The number of rotatable bonds is 3. The van der Waals surface area contributed by atoms with E-state index in [1.54, 1.807) is 11.3 Å². The van der Waals surface area contributed by atoms with Crippen LogP contribution < -0.4 is 5.32 Å². The smallest absolute Gasteiger partial charge is 0.265 e. The van der Waals surface area contributed by atoms with E-state index in [1.807, 2.05) is 36.4 Å². The van der Waals surface area contributed by atoms with Gasteiger partial charge in [-0.1, -0.05) is 13.0 Å². The van der Waals surface area contributed by atoms with Crippen LogP contribution in [0.1, 0.15) is 21.5 Å². The molecule has 0 aliphatic heterocycles. The van der Waals surface area contributed by atoms with Crippen molar-refractivity contribution in [3.8, 4) is 0 Å². The van der Waals surface area contributed by atoms with Gasteiger partial charge in [0.15, 0.2) is 0 Å². The Balaban J connectivity index is 2.11. The van der Waals surface area contributed by atoms with Crippen molar-refractivity contribution < 1.29 is 4.79 Å². The van der Waals surface area contributed by atoms with Crippen molar-refractivity contribution in [1.82, 2.24) is 0 Å². The summed E-state index contributed by atoms with van der Waals surface area (Å²) >= 11 is 3.78. The van der Waals surface area contributed by atoms with Crippen LogP contribution in [0.3, 0.4) is 0 Å². The molecule has 2 rings (SSSR count). The topological polar surface area (TPSA) is 29.1 Å². The number of thiophene rings is 1. The summed E-state index contributed by atoms with van der Waals surface area (Å²) in [5, 5.41) is 2.90. The van der Waals surface area contributed by atoms with E-state index < -0.39 is 0 Å². The summed E-state index contributed by atoms with van der Waals surface area (Å²) in [5.41, 5.74) is 0.841. The van der Waals surface area contributed by atoms with Gasteiger partial charge in [-0.3, -0.25) is 4.79 Å². The molecule has 0 radical (unpaired) electrons. The van der Waals surface area contributed by atoms with Crippen LogP contribution in [0.15, 0.2) is 36.4 Å². The lowest BCUT2D eigenvalue weighted by Gasteiger charge is -2.03. The maximum atomic E-state index is 12.0. The zero-order valence-corrected chi connectivity index (χ0v) is 12.3. The van der Waals surface area contributed by atoms with Crippen LogP contribution in [0.2, 0.25) is 0 Å². The maximum Gasteiger partial charge on any atom is 0.265 e. The average Bonchev–Trinajstić information content (AvgIpc) is 2.77. The molecule has 0 unspecified atom stereocenters. The van der Waals surface area contributed by atoms with Gasteiger partial charge in [0.25, 0.3) is 5.91 Å². The lowest BCUT2D eigenvalue weighted by molar-refractivity contribution is 0.103. The summed E-state index contributed by atoms with van der Waals surface area (Å²) in [6.45, 7) is 2.09. The molecule has 2 nitrogen and oxygen atoms in total. The van der Waals surface area contributed by atoms with Crippen LogP contribution in [0, 0.1) is 3.57 Å². The highest BCUT2D eigenvalue weighted by molar-refractivity contribution is 14.1. The Hall–Kier alpha value is -0.880. The van der Waals surface area contributed by atoms with Crippen molar-refractivity contribution in [2.75, 3.05) is 5.32 Å². The molecule has 88 valence electrons. The number of halogens is 1. The third-order valence-corrected chi connectivity index (χ3v) is 4.22. The number of benzene rings is 1. The van der Waals surface area contributed by atoms with Crippen molar-refractivity contribution >= 4 is 45.5 Å². The maximum absolute atomic E-state index is 12.0. The molecular weight excluding hydrogens is 345 g/mol. The van der Waals surface area contributed by atoms with Gasteiger partial charge in [0.1, 0.15) is 0 Å². The largest absolute Gasteiger partial charge is 0.321 e. The van der Waals surface area contributed by atoms with Gasteiger partial charge in [0.2, 0.25) is 0 Å². The standard InChI is InChI=1S/C13H12INOS/c1-2-11-6-7-12(17-11)13(16)15-10-5-3-4-9(14)8-10/h3-8H,2H2,1H3,(H,15,16). The van der Waals surface area contributed by atoms with Gasteiger partial charge in [-0.2, -0.15) is 0 Å². The van der Waals surface area contributed by atoms with E-state index in [2.05, 4.69) is 34.8 Å². The van der Waals surface area contributed by atoms with Gasteiger partial charge in [-0.05, 0) is 59.3 Å². The predicted molar refractivity (Wildman–Crippen MR) is 80.8 cm³/mol. The quantitative estimate of drug-likeness (QED) is 0.821. The van der Waals surface area contributed by atoms with Crippen molar-refractivity contribution in [2.24, 2.45) is 0 Å². The zero-order chi connectivity index (χ0) is 12.3. The lowest BCUT2D eigenvalue weighted by atomic mass is 10.3. The van der Waals surface area contributed by atoms with Crippen molar-refractivity contribution in [3.05, 3.63) is 49.7 Å². The molecule has 0 saturated heterocycles. The lowest BCUT2D eigenvalue weighted by Crippen LogP contribution is -2.09. The number of hydrogen-bond donors (Lipinski definition) is 1. The molecule has 1 heterocycles. The second-order valence-corrected chi connectivity index (χ2v) is 6.00. The van der Waals surface area contributed by atoms with Crippen LogP contribution in [0.25, 0.3) is 0 Å². The Morgan fingerprint density at radius 2 is 2.18 bits per heavy atom. The van der Waals surface area contributed by atoms with E-state index in [-0.39, 0.29) is 5.91 Å². The number of aryl methyl sites for hydroxylation is 1. The summed E-state index contributed by atoms with van der Waals surface area (Å²) in [6.07, 6.45) is 0.973. The molecular formula is C13H12INOS. The first-order chi connectivity index (χ1) is 8.19. The van der Waals surface area contributed by atoms with E-state index >= 15 is 0 Å². The highest BCUT2D eigenvalue weighted by atomic mass is 127. The molecule has 1 amide bonds. The Labute approximate surface area is 118 Å². The second kappa shape index (κ2) is 5.64. The fourth-order valence-electron chi connectivity index (χ4n) is 1.45. The Morgan fingerprint density at radius 3 is 2.82 bits per heavy atom. The van der Waals surface area contributed by atoms with Gasteiger partial charge in [0, 0.05) is 14.1 Å². The molecule has 0 spiro atoms. The highest BCUT2D eigenvalue weighted by Gasteiger charge is 2.08. The van der Waals surface area contributed by atoms with Crippen molar-refractivity contribution in [2.45, 2.75) is 13.3 Å². The van der Waals surface area contributed by atoms with Gasteiger partial charge in [0.05, 0.1) is 4.88 Å². The molecule has 1 aromatic heterocycles. The minimum atomic E-state index is -0.0308. The molecule has 17 heavy (non-hydrogen) atoms. The summed E-state index contributed by atoms with van der Waals surface area (Å²) in [6, 6.07) is 11.7.